The average molecular weight is 2270 g/mol. The summed E-state index contributed by atoms with van der Waals surface area (Å²) in [4.78, 5) is 0. The summed E-state index contributed by atoms with van der Waals surface area (Å²) in [5, 5.41) is 19.9. The second-order valence-electron chi connectivity index (χ2n) is 38.8. The van der Waals surface area contributed by atoms with E-state index in [-0.39, 0.29) is 47.5 Å². The molecular formula is C69H146O39Si24. The van der Waals surface area contributed by atoms with E-state index >= 15 is 0 Å². The third-order valence-electron chi connectivity index (χ3n) is 21.6. The predicted octanol–water partition coefficient (Wildman–Crippen LogP) is 13.8. The third-order valence-corrected chi connectivity index (χ3v) is 129. The lowest BCUT2D eigenvalue weighted by Gasteiger charge is -2.64. The van der Waals surface area contributed by atoms with Crippen molar-refractivity contribution in [3.63, 3.8) is 0 Å². The maximum Gasteiger partial charge on any atom is 0.507 e. The summed E-state index contributed by atoms with van der Waals surface area (Å²) in [6.45, 7) is 77.9. The second kappa shape index (κ2) is 41.2. The van der Waals surface area contributed by atoms with E-state index in [1.165, 1.54) is 71.3 Å². The highest BCUT2D eigenvalue weighted by Crippen LogP contribution is 2.59. The number of allylic oxidation sites excluding steroid dienone is 2. The summed E-state index contributed by atoms with van der Waals surface area (Å²) >= 11 is 0. The van der Waals surface area contributed by atoms with Gasteiger partial charge in [0.25, 0.3) is 0 Å². The van der Waals surface area contributed by atoms with Gasteiger partial charge in [-0.15, -0.1) is 52.6 Å². The first kappa shape index (κ1) is 112. The molecule has 2 N–H and O–H groups in total. The molecule has 63 heteroatoms. The second-order valence-corrected chi connectivity index (χ2v) is 109. The van der Waals surface area contributed by atoms with Gasteiger partial charge in [0, 0.05) is 114 Å². The van der Waals surface area contributed by atoms with Gasteiger partial charge in [-0.2, -0.15) is 0 Å². The fourth-order valence-electron chi connectivity index (χ4n) is 18.2. The lowest BCUT2D eigenvalue weighted by Crippen LogP contribution is -2.88. The number of methoxy groups -OCH3 is 1. The van der Waals surface area contributed by atoms with Crippen LogP contribution in [0.15, 0.2) is 110 Å². The van der Waals surface area contributed by atoms with Crippen LogP contribution in [0, 0.1) is 41.4 Å². The molecule has 0 aliphatic carbocycles. The zero-order valence-corrected chi connectivity index (χ0v) is 105. The zero-order chi connectivity index (χ0) is 97.3. The van der Waals surface area contributed by atoms with E-state index < -0.39 is 224 Å². The van der Waals surface area contributed by atoms with Gasteiger partial charge in [0.05, 0.1) is 12.7 Å². The van der Waals surface area contributed by atoms with E-state index in [2.05, 4.69) is 176 Å². The summed E-state index contributed by atoms with van der Waals surface area (Å²) in [5.74, 6) is 0.984. The summed E-state index contributed by atoms with van der Waals surface area (Å²) < 4.78 is 255. The molecule has 18 saturated heterocycles. The SMILES string of the molecule is C/C=C/CCCCC.C=C[Si]12O[Si]3(C=C)O[Si]4(C=C)O[Si](C=C)(O1)O[Si]1(C=C)O[Si](C=C)(O2)O[Si](C=C)(O3)O[Si](C=C)(O4)O1.COCCCCCC[Si]12O[Si]3(CC(C)C)O[Si]4(CC(C)C)O[Si](CC(C)C)(O1)O[Si]1(CC(C)C)O[Si](CC(C)C)(O2)O[Si](CC(C)C)(O3)O[Si](CC(C)C)(O4)O1.C[Si]12O[Si]3(C)O[Si]4(C)O[Si](C)(O1)O[Si]1(C)O[Si](C)(O2)O[Si](C)(O3)O[Si](CC(O)CO)(O4)O1. The highest BCUT2D eigenvalue weighted by molar-refractivity contribution is 7.09. The van der Waals surface area contributed by atoms with Gasteiger partial charge in [0.2, 0.25) is 0 Å². The Hall–Kier alpha value is 1.31. The Morgan fingerprint density at radius 1 is 0.258 bits per heavy atom. The first-order valence-electron chi connectivity index (χ1n) is 46.0. The molecule has 0 spiro atoms. The standard InChI is InChI=1S/C35H78O13Si8.C16H24O12Si8.C10H28O14Si8.C8H16/c1-29(2)22-50-37-49(21-19-17-16-18-20-36-15)38-51(23-30(3)4)42-53(40-50,25-32(7)8)46-56(28-35(13)14)47-54(41-50,26-33(9)10)43-52(39-49,24-31(5)6)45-55(44-51,48-56)27-34(11)12;1-9-29-17-30(10-2)20-33(13-5)22-31(11-3,18-29)24-35(15-7)25-32(12-4,19-29)23-34(14-6,21-30)27-36(16-8,26-33)28-35;1-25-13-26(2)16-29(5)18-27(3,14-25)20-31(7)21-28(4,15-25)19-30(6,17-26)23-32(22-29,24-31)9-10(12)8-11;1-3-5-7-8-6-4-2/h29-35H,16-28H2,1-15H3;9-16H,1-8H2;10-12H,8-9H2,1-7H3;3,5H,4,6-8H2,1-2H3/b;;;5-3+. The minimum absolute atomic E-state index is 0.140. The van der Waals surface area contributed by atoms with E-state index in [1.807, 2.05) is 0 Å². The largest absolute Gasteiger partial charge is 0.507 e. The Bertz CT molecular complexity index is 3570. The topological polar surface area (TPSA) is 382 Å². The molecule has 0 radical (unpaired) electrons. The lowest BCUT2D eigenvalue weighted by molar-refractivity contribution is -0.0367. The lowest BCUT2D eigenvalue weighted by atomic mass is 10.2. The molecule has 18 fully saturated rings. The number of ether oxygens (including phenoxy) is 1. The zero-order valence-electron chi connectivity index (χ0n) is 81.5. The monoisotopic (exact) mass is 2270 g/mol. The molecule has 0 saturated carbocycles. The van der Waals surface area contributed by atoms with Crippen LogP contribution < -0.4 is 0 Å². The van der Waals surface area contributed by atoms with Crippen LogP contribution in [-0.2, 0) is 153 Å². The van der Waals surface area contributed by atoms with E-state index in [0.29, 0.717) is 48.4 Å². The van der Waals surface area contributed by atoms with E-state index in [1.54, 1.807) is 52.9 Å². The molecular weight excluding hydrogens is 2130 g/mol. The summed E-state index contributed by atoms with van der Waals surface area (Å²) in [6, 6.07) is 3.90. The van der Waals surface area contributed by atoms with Crippen LogP contribution in [-0.4, -0.2) is 248 Å². The number of hydrogen-bond donors (Lipinski definition) is 2. The van der Waals surface area contributed by atoms with Crippen molar-refractivity contribution >= 4 is 211 Å². The number of aliphatic hydroxyl groups excluding tert-OH is 2. The molecule has 132 heavy (non-hydrogen) atoms. The van der Waals surface area contributed by atoms with Gasteiger partial charge in [-0.25, -0.2) is 0 Å². The summed E-state index contributed by atoms with van der Waals surface area (Å²) in [5.41, 5.74) is 10.9. The molecule has 24 bridgehead atoms. The van der Waals surface area contributed by atoms with Crippen molar-refractivity contribution in [1.82, 2.24) is 0 Å². The van der Waals surface area contributed by atoms with Crippen molar-refractivity contribution in [1.29, 1.82) is 0 Å². The van der Waals surface area contributed by atoms with Crippen LogP contribution in [0.1, 0.15) is 162 Å². The molecule has 1 atom stereocenters. The van der Waals surface area contributed by atoms with Crippen LogP contribution in [0.25, 0.3) is 0 Å². The van der Waals surface area contributed by atoms with Crippen LogP contribution in [0.2, 0.25) is 100 Å². The first-order valence-corrected chi connectivity index (χ1v) is 93.4. The van der Waals surface area contributed by atoms with Crippen molar-refractivity contribution < 1.29 is 163 Å². The Morgan fingerprint density at radius 2 is 0.455 bits per heavy atom. The molecule has 18 heterocycles. The van der Waals surface area contributed by atoms with Crippen LogP contribution in [0.4, 0.5) is 0 Å². The first-order chi connectivity index (χ1) is 61.3. The van der Waals surface area contributed by atoms with Crippen molar-refractivity contribution in [3.8, 4) is 0 Å². The Labute approximate surface area is 808 Å². The van der Waals surface area contributed by atoms with Gasteiger partial charge in [0.1, 0.15) is 0 Å². The highest BCUT2D eigenvalue weighted by Gasteiger charge is 2.87. The number of hydrogen-bond acceptors (Lipinski definition) is 39. The van der Waals surface area contributed by atoms with Gasteiger partial charge in [-0.1, -0.05) is 142 Å². The smallest absolute Gasteiger partial charge is 0.394 e. The Morgan fingerprint density at radius 3 is 0.636 bits per heavy atom. The number of rotatable bonds is 36. The van der Waals surface area contributed by atoms with Crippen LogP contribution in [0.3, 0.4) is 0 Å². The molecule has 18 rings (SSSR count). The quantitative estimate of drug-likeness (QED) is 0.0334. The van der Waals surface area contributed by atoms with Gasteiger partial charge < -0.3 is 163 Å². The van der Waals surface area contributed by atoms with E-state index in [0.717, 1.165) is 32.3 Å². The molecule has 39 nitrogen and oxygen atoms in total. The van der Waals surface area contributed by atoms with Crippen molar-refractivity contribution in [2.24, 2.45) is 41.4 Å². The van der Waals surface area contributed by atoms with Gasteiger partial charge in [-0.05, 0) is 120 Å². The maximum atomic E-state index is 10.4. The minimum Gasteiger partial charge on any atom is -0.394 e. The number of aliphatic hydroxyl groups is 2. The molecule has 1 unspecified atom stereocenters. The molecule has 752 valence electrons. The fraction of sp³-hybridized carbons (Fsp3) is 0.739. The summed E-state index contributed by atoms with van der Waals surface area (Å²) in [6.07, 6.45) is 12.3. The molecule has 0 aromatic rings. The van der Waals surface area contributed by atoms with Gasteiger partial charge in [0.15, 0.2) is 0 Å². The molecule has 18 aliphatic heterocycles. The van der Waals surface area contributed by atoms with Crippen LogP contribution in [0.5, 0.6) is 0 Å². The predicted molar refractivity (Wildman–Crippen MR) is 529 cm³/mol. The average Bonchev–Trinajstić information content (AvgIpc) is 0.688. The maximum absolute atomic E-state index is 10.4. The van der Waals surface area contributed by atoms with Crippen molar-refractivity contribution in [3.05, 3.63) is 110 Å². The summed E-state index contributed by atoms with van der Waals surface area (Å²) in [7, 11) is -91.2. The van der Waals surface area contributed by atoms with Gasteiger partial charge in [-0.3, -0.25) is 0 Å². The van der Waals surface area contributed by atoms with Crippen LogP contribution >= 0.6 is 0 Å². The molecule has 0 amide bonds. The Balaban J connectivity index is 0.000000178. The normalized spacial score (nSPS) is 46.6. The fourth-order valence-corrected chi connectivity index (χ4v) is 156. The molecule has 0 aromatic carbocycles. The highest BCUT2D eigenvalue weighted by atomic mass is 28.7. The molecule has 0 aromatic heterocycles. The van der Waals surface area contributed by atoms with E-state index in [4.69, 9.17) is 153 Å². The third kappa shape index (κ3) is 25.2. The Kier molecular flexibility index (Phi) is 35.0. The van der Waals surface area contributed by atoms with Crippen molar-refractivity contribution in [2.75, 3.05) is 20.3 Å². The molecule has 18 aliphatic rings. The minimum atomic E-state index is -4.10. The number of unbranched alkanes of at least 4 members (excludes halogenated alkanes) is 6. The van der Waals surface area contributed by atoms with Gasteiger partial charge >= 0.3 is 211 Å². The van der Waals surface area contributed by atoms with E-state index in [9.17, 15) is 10.2 Å². The van der Waals surface area contributed by atoms with Crippen molar-refractivity contribution in [2.45, 2.75) is 268 Å².